The first-order valence-electron chi connectivity index (χ1n) is 6.00. The average Bonchev–Trinajstić information content (AvgIpc) is 2.41. The van der Waals surface area contributed by atoms with Crippen molar-refractivity contribution in [2.45, 2.75) is 6.92 Å². The molecular formula is C13H16BrClN2O3. The van der Waals surface area contributed by atoms with Gasteiger partial charge in [-0.3, -0.25) is 14.5 Å². The van der Waals surface area contributed by atoms with Gasteiger partial charge in [-0.15, -0.1) is 0 Å². The molecule has 0 bridgehead atoms. The average molecular weight is 364 g/mol. The first-order valence-corrected chi connectivity index (χ1v) is 7.17. The summed E-state index contributed by atoms with van der Waals surface area (Å²) < 4.78 is 5.41. The summed E-state index contributed by atoms with van der Waals surface area (Å²) in [5, 5.41) is 3.16. The van der Waals surface area contributed by atoms with E-state index in [-0.39, 0.29) is 25.0 Å². The molecule has 0 spiro atoms. The predicted molar refractivity (Wildman–Crippen MR) is 81.9 cm³/mol. The molecule has 1 aromatic carbocycles. The third kappa shape index (κ3) is 5.48. The van der Waals surface area contributed by atoms with Gasteiger partial charge < -0.3 is 10.1 Å². The monoisotopic (exact) mass is 362 g/mol. The molecule has 0 aliphatic heterocycles. The zero-order valence-corrected chi connectivity index (χ0v) is 13.6. The summed E-state index contributed by atoms with van der Waals surface area (Å²) in [6.07, 6.45) is 0. The van der Waals surface area contributed by atoms with Gasteiger partial charge in [0.2, 0.25) is 5.91 Å². The molecule has 0 saturated carbocycles. The number of carbonyl (C=O) groups excluding carboxylic acids is 2. The van der Waals surface area contributed by atoms with Gasteiger partial charge >= 0.3 is 5.97 Å². The first kappa shape index (κ1) is 16.9. The normalized spacial score (nSPS) is 10.4. The number of esters is 1. The van der Waals surface area contributed by atoms with Crippen molar-refractivity contribution < 1.29 is 14.3 Å². The molecule has 1 N–H and O–H groups in total. The van der Waals surface area contributed by atoms with E-state index >= 15 is 0 Å². The van der Waals surface area contributed by atoms with E-state index in [9.17, 15) is 9.59 Å². The van der Waals surface area contributed by atoms with E-state index in [0.717, 1.165) is 4.47 Å². The van der Waals surface area contributed by atoms with Gasteiger partial charge in [-0.1, -0.05) is 34.5 Å². The molecule has 0 aliphatic rings. The Balaban J connectivity index is 2.59. The van der Waals surface area contributed by atoms with Crippen LogP contribution in [0.2, 0.25) is 5.02 Å². The van der Waals surface area contributed by atoms with Crippen molar-refractivity contribution in [1.82, 2.24) is 4.90 Å². The topological polar surface area (TPSA) is 58.6 Å². The Morgan fingerprint density at radius 1 is 1.40 bits per heavy atom. The number of carbonyl (C=O) groups is 2. The van der Waals surface area contributed by atoms with Gasteiger partial charge in [-0.25, -0.2) is 0 Å². The number of hydrogen-bond acceptors (Lipinski definition) is 4. The van der Waals surface area contributed by atoms with Crippen LogP contribution in [0.1, 0.15) is 6.92 Å². The second-order valence-corrected chi connectivity index (χ2v) is 5.37. The molecule has 0 heterocycles. The Labute approximate surface area is 131 Å². The zero-order valence-electron chi connectivity index (χ0n) is 11.3. The number of ether oxygens (including phenoxy) is 1. The van der Waals surface area contributed by atoms with Crippen LogP contribution >= 0.6 is 27.5 Å². The minimum Gasteiger partial charge on any atom is -0.468 e. The lowest BCUT2D eigenvalue weighted by Crippen LogP contribution is -2.37. The molecule has 1 aromatic rings. The van der Waals surface area contributed by atoms with Gasteiger partial charge in [0.1, 0.15) is 0 Å². The van der Waals surface area contributed by atoms with Crippen LogP contribution in [0.5, 0.6) is 0 Å². The molecule has 0 radical (unpaired) electrons. The van der Waals surface area contributed by atoms with Crippen LogP contribution in [0.4, 0.5) is 5.69 Å². The first-order chi connectivity index (χ1) is 9.46. The predicted octanol–water partition coefficient (Wildman–Crippen LogP) is 2.54. The number of halogens is 2. The van der Waals surface area contributed by atoms with Crippen molar-refractivity contribution in [2.75, 3.05) is 32.1 Å². The molecular weight excluding hydrogens is 348 g/mol. The summed E-state index contributed by atoms with van der Waals surface area (Å²) in [5.41, 5.74) is 0.536. The van der Waals surface area contributed by atoms with Crippen LogP contribution < -0.4 is 5.32 Å². The highest BCUT2D eigenvalue weighted by Crippen LogP contribution is 2.25. The Hall–Kier alpha value is -1.11. The number of methoxy groups -OCH3 is 1. The van der Waals surface area contributed by atoms with Crippen LogP contribution in [0.15, 0.2) is 22.7 Å². The van der Waals surface area contributed by atoms with Crippen molar-refractivity contribution in [2.24, 2.45) is 0 Å². The molecule has 0 aliphatic carbocycles. The van der Waals surface area contributed by atoms with Crippen molar-refractivity contribution >= 4 is 45.1 Å². The van der Waals surface area contributed by atoms with Gasteiger partial charge in [0.25, 0.3) is 0 Å². The molecule has 0 atom stereocenters. The summed E-state index contributed by atoms with van der Waals surface area (Å²) in [6, 6.07) is 5.19. The molecule has 7 heteroatoms. The van der Waals surface area contributed by atoms with Crippen LogP contribution in [-0.4, -0.2) is 43.5 Å². The quantitative estimate of drug-likeness (QED) is 0.789. The number of anilines is 1. The fraction of sp³-hybridized carbons (Fsp3) is 0.385. The summed E-state index contributed by atoms with van der Waals surface area (Å²) >= 11 is 9.31. The molecule has 0 aromatic heterocycles. The highest BCUT2D eigenvalue weighted by Gasteiger charge is 2.14. The summed E-state index contributed by atoms with van der Waals surface area (Å²) in [7, 11) is 1.32. The van der Waals surface area contributed by atoms with E-state index in [0.29, 0.717) is 17.3 Å². The number of benzene rings is 1. The number of rotatable bonds is 6. The summed E-state index contributed by atoms with van der Waals surface area (Å²) in [5.74, 6) is -0.610. The SMILES string of the molecule is CCN(CC(=O)Nc1ccc(Br)cc1Cl)CC(=O)OC. The maximum absolute atomic E-state index is 11.9. The second kappa shape index (κ2) is 8.24. The summed E-state index contributed by atoms with van der Waals surface area (Å²) in [4.78, 5) is 24.8. The van der Waals surface area contributed by atoms with E-state index in [1.165, 1.54) is 7.11 Å². The fourth-order valence-electron chi connectivity index (χ4n) is 1.51. The molecule has 0 fully saturated rings. The number of nitrogens with one attached hydrogen (secondary N) is 1. The smallest absolute Gasteiger partial charge is 0.319 e. The lowest BCUT2D eigenvalue weighted by molar-refractivity contribution is -0.142. The minimum atomic E-state index is -0.374. The Bertz CT molecular complexity index is 497. The van der Waals surface area contributed by atoms with Crippen molar-refractivity contribution in [3.63, 3.8) is 0 Å². The number of likely N-dealkylation sites (N-methyl/N-ethyl adjacent to an activating group) is 1. The zero-order chi connectivity index (χ0) is 15.1. The lowest BCUT2D eigenvalue weighted by Gasteiger charge is -2.18. The van der Waals surface area contributed by atoms with Crippen molar-refractivity contribution in [1.29, 1.82) is 0 Å². The number of nitrogens with zero attached hydrogens (tertiary/aromatic N) is 1. The van der Waals surface area contributed by atoms with Gasteiger partial charge in [0.15, 0.2) is 0 Å². The molecule has 110 valence electrons. The second-order valence-electron chi connectivity index (χ2n) is 4.05. The largest absolute Gasteiger partial charge is 0.468 e. The van der Waals surface area contributed by atoms with E-state index in [2.05, 4.69) is 26.0 Å². The van der Waals surface area contributed by atoms with Crippen LogP contribution in [0.25, 0.3) is 0 Å². The van der Waals surface area contributed by atoms with E-state index in [4.69, 9.17) is 11.6 Å². The molecule has 20 heavy (non-hydrogen) atoms. The van der Waals surface area contributed by atoms with Crippen LogP contribution in [-0.2, 0) is 14.3 Å². The molecule has 0 saturated heterocycles. The maximum atomic E-state index is 11.9. The Kier molecular flexibility index (Phi) is 6.98. The van der Waals surface area contributed by atoms with E-state index < -0.39 is 0 Å². The number of amides is 1. The van der Waals surface area contributed by atoms with Gasteiger partial charge in [-0.2, -0.15) is 0 Å². The van der Waals surface area contributed by atoms with E-state index in [1.807, 2.05) is 6.92 Å². The lowest BCUT2D eigenvalue weighted by atomic mass is 10.3. The standard InChI is InChI=1S/C13H16BrClN2O3/c1-3-17(8-13(19)20-2)7-12(18)16-11-5-4-9(14)6-10(11)15/h4-6H,3,7-8H2,1-2H3,(H,16,18). The summed E-state index contributed by atoms with van der Waals surface area (Å²) in [6.45, 7) is 2.60. The molecule has 0 unspecified atom stereocenters. The van der Waals surface area contributed by atoms with Gasteiger partial charge in [0, 0.05) is 4.47 Å². The highest BCUT2D eigenvalue weighted by molar-refractivity contribution is 9.10. The van der Waals surface area contributed by atoms with Crippen LogP contribution in [0, 0.1) is 0 Å². The van der Waals surface area contributed by atoms with Gasteiger partial charge in [-0.05, 0) is 24.7 Å². The fourth-order valence-corrected chi connectivity index (χ4v) is 2.23. The van der Waals surface area contributed by atoms with Gasteiger partial charge in [0.05, 0.1) is 30.9 Å². The van der Waals surface area contributed by atoms with E-state index in [1.54, 1.807) is 23.1 Å². The Morgan fingerprint density at radius 2 is 2.10 bits per heavy atom. The third-order valence-corrected chi connectivity index (χ3v) is 3.41. The number of hydrogen-bond donors (Lipinski definition) is 1. The van der Waals surface area contributed by atoms with Crippen molar-refractivity contribution in [3.8, 4) is 0 Å². The highest BCUT2D eigenvalue weighted by atomic mass is 79.9. The van der Waals surface area contributed by atoms with Crippen LogP contribution in [0.3, 0.4) is 0 Å². The molecule has 1 rings (SSSR count). The minimum absolute atomic E-state index is 0.0779. The van der Waals surface area contributed by atoms with Crippen molar-refractivity contribution in [3.05, 3.63) is 27.7 Å². The Morgan fingerprint density at radius 3 is 2.65 bits per heavy atom. The molecule has 1 amide bonds. The molecule has 5 nitrogen and oxygen atoms in total. The maximum Gasteiger partial charge on any atom is 0.319 e. The third-order valence-electron chi connectivity index (χ3n) is 2.60.